The molecule has 0 aliphatic rings. The quantitative estimate of drug-likeness (QED) is 0.807. The molecular formula is C12H17N5O2S. The third-order valence-corrected chi connectivity index (χ3v) is 4.75. The molecule has 0 atom stereocenters. The van der Waals surface area contributed by atoms with E-state index in [-0.39, 0.29) is 24.7 Å². The summed E-state index contributed by atoms with van der Waals surface area (Å²) in [5, 5.41) is 7.33. The Morgan fingerprint density at radius 1 is 1.30 bits per heavy atom. The van der Waals surface area contributed by atoms with Gasteiger partial charge in [-0.15, -0.1) is 5.10 Å². The Morgan fingerprint density at radius 3 is 2.55 bits per heavy atom. The van der Waals surface area contributed by atoms with E-state index < -0.39 is 10.0 Å². The number of rotatable bonds is 6. The Kier molecular flexibility index (Phi) is 4.48. The average molecular weight is 295 g/mol. The molecule has 7 nitrogen and oxygen atoms in total. The summed E-state index contributed by atoms with van der Waals surface area (Å²) < 4.78 is 27.7. The van der Waals surface area contributed by atoms with Crippen molar-refractivity contribution in [2.24, 2.45) is 12.8 Å². The molecule has 20 heavy (non-hydrogen) atoms. The highest BCUT2D eigenvalue weighted by Gasteiger charge is 2.27. The van der Waals surface area contributed by atoms with Gasteiger partial charge in [0.25, 0.3) is 10.0 Å². The zero-order valence-corrected chi connectivity index (χ0v) is 12.0. The molecule has 0 amide bonds. The van der Waals surface area contributed by atoms with Crippen LogP contribution in [-0.2, 0) is 23.6 Å². The summed E-state index contributed by atoms with van der Waals surface area (Å²) in [6, 6.07) is 9.37. The number of hydrogen-bond acceptors (Lipinski definition) is 5. The minimum atomic E-state index is -3.66. The number of nitrogens with zero attached hydrogens (tertiary/aromatic N) is 4. The van der Waals surface area contributed by atoms with Crippen molar-refractivity contribution in [2.45, 2.75) is 11.6 Å². The first-order valence-corrected chi connectivity index (χ1v) is 7.58. The van der Waals surface area contributed by atoms with Crippen LogP contribution in [0.2, 0.25) is 0 Å². The SMILES string of the molecule is Cn1nncc1S(=O)(=O)N(CCN)Cc1ccccc1. The van der Waals surface area contributed by atoms with Crippen molar-refractivity contribution in [2.75, 3.05) is 13.1 Å². The summed E-state index contributed by atoms with van der Waals surface area (Å²) in [5.74, 6) is 0. The molecule has 0 radical (unpaired) electrons. The van der Waals surface area contributed by atoms with Gasteiger partial charge in [-0.05, 0) is 5.56 Å². The fraction of sp³-hybridized carbons (Fsp3) is 0.333. The van der Waals surface area contributed by atoms with E-state index in [1.807, 2.05) is 30.3 Å². The minimum Gasteiger partial charge on any atom is -0.329 e. The molecule has 0 saturated carbocycles. The van der Waals surface area contributed by atoms with Crippen LogP contribution >= 0.6 is 0 Å². The van der Waals surface area contributed by atoms with Crippen LogP contribution in [0.15, 0.2) is 41.6 Å². The Labute approximate surface area is 118 Å². The molecule has 2 N–H and O–H groups in total. The van der Waals surface area contributed by atoms with Gasteiger partial charge in [0.2, 0.25) is 0 Å². The lowest BCUT2D eigenvalue weighted by Crippen LogP contribution is -2.35. The molecule has 0 spiro atoms. The van der Waals surface area contributed by atoms with E-state index in [2.05, 4.69) is 10.3 Å². The lowest BCUT2D eigenvalue weighted by Gasteiger charge is -2.21. The number of benzene rings is 1. The first-order chi connectivity index (χ1) is 9.55. The number of nitrogens with two attached hydrogens (primary N) is 1. The highest BCUT2D eigenvalue weighted by molar-refractivity contribution is 7.89. The van der Waals surface area contributed by atoms with Crippen molar-refractivity contribution >= 4 is 10.0 Å². The Hall–Kier alpha value is -1.77. The van der Waals surface area contributed by atoms with Crippen molar-refractivity contribution in [1.82, 2.24) is 19.3 Å². The zero-order chi connectivity index (χ0) is 14.6. The van der Waals surface area contributed by atoms with E-state index in [1.165, 1.54) is 15.2 Å². The first-order valence-electron chi connectivity index (χ1n) is 6.14. The van der Waals surface area contributed by atoms with E-state index in [9.17, 15) is 8.42 Å². The number of aromatic nitrogens is 3. The van der Waals surface area contributed by atoms with Crippen molar-refractivity contribution in [3.63, 3.8) is 0 Å². The van der Waals surface area contributed by atoms with Gasteiger partial charge < -0.3 is 5.73 Å². The topological polar surface area (TPSA) is 94.1 Å². The van der Waals surface area contributed by atoms with Gasteiger partial charge in [-0.2, -0.15) is 4.31 Å². The number of aryl methyl sites for hydroxylation is 1. The third-order valence-electron chi connectivity index (χ3n) is 2.86. The van der Waals surface area contributed by atoms with E-state index in [4.69, 9.17) is 5.73 Å². The van der Waals surface area contributed by atoms with Crippen molar-refractivity contribution in [1.29, 1.82) is 0 Å². The van der Waals surface area contributed by atoms with Gasteiger partial charge in [-0.25, -0.2) is 13.1 Å². The standard InChI is InChI=1S/C12H17N5O2S/c1-16-12(9-14-15-16)20(18,19)17(8-7-13)10-11-5-3-2-4-6-11/h2-6,9H,7-8,10,13H2,1H3. The highest BCUT2D eigenvalue weighted by atomic mass is 32.2. The van der Waals surface area contributed by atoms with Crippen LogP contribution in [0.4, 0.5) is 0 Å². The molecule has 0 fully saturated rings. The van der Waals surface area contributed by atoms with Crippen molar-refractivity contribution in [3.05, 3.63) is 42.1 Å². The van der Waals surface area contributed by atoms with E-state index in [1.54, 1.807) is 7.05 Å². The van der Waals surface area contributed by atoms with Crippen LogP contribution in [0.5, 0.6) is 0 Å². The smallest absolute Gasteiger partial charge is 0.262 e. The summed E-state index contributed by atoms with van der Waals surface area (Å²) in [6.45, 7) is 0.755. The Balaban J connectivity index is 2.31. The zero-order valence-electron chi connectivity index (χ0n) is 11.2. The second kappa shape index (κ2) is 6.12. The maximum absolute atomic E-state index is 12.6. The molecule has 0 bridgehead atoms. The summed E-state index contributed by atoms with van der Waals surface area (Å²) in [5.41, 5.74) is 6.43. The van der Waals surface area contributed by atoms with Gasteiger partial charge in [-0.3, -0.25) is 0 Å². The van der Waals surface area contributed by atoms with Crippen molar-refractivity contribution in [3.8, 4) is 0 Å². The number of sulfonamides is 1. The van der Waals surface area contributed by atoms with Crippen molar-refractivity contribution < 1.29 is 8.42 Å². The van der Waals surface area contributed by atoms with Gasteiger partial charge in [0.05, 0.1) is 6.20 Å². The predicted molar refractivity (Wildman–Crippen MR) is 74.1 cm³/mol. The van der Waals surface area contributed by atoms with Crippen LogP contribution in [-0.4, -0.2) is 40.8 Å². The monoisotopic (exact) mass is 295 g/mol. The Bertz CT molecular complexity index is 653. The van der Waals surface area contributed by atoms with Crippen LogP contribution < -0.4 is 5.73 Å². The molecule has 1 heterocycles. The predicted octanol–water partition coefficient (Wildman–Crippen LogP) is -0.0353. The maximum atomic E-state index is 12.6. The molecule has 2 aromatic rings. The minimum absolute atomic E-state index is 0.0573. The van der Waals surface area contributed by atoms with Gasteiger partial charge in [0.1, 0.15) is 0 Å². The average Bonchev–Trinajstić information content (AvgIpc) is 2.86. The summed E-state index contributed by atoms with van der Waals surface area (Å²) in [6.07, 6.45) is 1.24. The Morgan fingerprint density at radius 2 is 2.00 bits per heavy atom. The third kappa shape index (κ3) is 3.03. The summed E-state index contributed by atoms with van der Waals surface area (Å²) >= 11 is 0. The summed E-state index contributed by atoms with van der Waals surface area (Å²) in [4.78, 5) is 0. The van der Waals surface area contributed by atoms with Gasteiger partial charge in [-0.1, -0.05) is 35.5 Å². The molecule has 0 aliphatic heterocycles. The second-order valence-corrected chi connectivity index (χ2v) is 6.19. The van der Waals surface area contributed by atoms with E-state index in [0.717, 1.165) is 5.56 Å². The van der Waals surface area contributed by atoms with Gasteiger partial charge >= 0.3 is 0 Å². The molecular weight excluding hydrogens is 278 g/mol. The first kappa shape index (κ1) is 14.6. The van der Waals surface area contributed by atoms with Gasteiger partial charge in [0, 0.05) is 26.7 Å². The molecule has 0 unspecified atom stereocenters. The number of hydrogen-bond donors (Lipinski definition) is 1. The molecule has 1 aromatic carbocycles. The fourth-order valence-corrected chi connectivity index (χ4v) is 3.34. The molecule has 0 saturated heterocycles. The molecule has 1 aromatic heterocycles. The van der Waals surface area contributed by atoms with E-state index >= 15 is 0 Å². The van der Waals surface area contributed by atoms with Gasteiger partial charge in [0.15, 0.2) is 5.03 Å². The molecule has 2 rings (SSSR count). The maximum Gasteiger partial charge on any atom is 0.262 e. The molecule has 108 valence electrons. The largest absolute Gasteiger partial charge is 0.329 e. The lowest BCUT2D eigenvalue weighted by molar-refractivity contribution is 0.408. The van der Waals surface area contributed by atoms with E-state index in [0.29, 0.717) is 0 Å². The summed E-state index contributed by atoms with van der Waals surface area (Å²) in [7, 11) is -2.11. The fourth-order valence-electron chi connectivity index (χ4n) is 1.86. The van der Waals surface area contributed by atoms with Crippen LogP contribution in [0.1, 0.15) is 5.56 Å². The molecule has 0 aliphatic carbocycles. The van der Waals surface area contributed by atoms with Crippen LogP contribution in [0, 0.1) is 0 Å². The second-order valence-electron chi connectivity index (χ2n) is 4.31. The van der Waals surface area contributed by atoms with Crippen LogP contribution in [0.25, 0.3) is 0 Å². The lowest BCUT2D eigenvalue weighted by atomic mass is 10.2. The molecule has 8 heteroatoms. The van der Waals surface area contributed by atoms with Crippen LogP contribution in [0.3, 0.4) is 0 Å². The highest BCUT2D eigenvalue weighted by Crippen LogP contribution is 2.16. The normalized spacial score (nSPS) is 11.9.